The molecule has 1 aliphatic heterocycles. The first-order chi connectivity index (χ1) is 12.5. The average molecular weight is 376 g/mol. The van der Waals surface area contributed by atoms with Crippen molar-refractivity contribution < 1.29 is 14.0 Å². The largest absolute Gasteiger partial charge is 0.348 e. The van der Waals surface area contributed by atoms with Crippen molar-refractivity contribution >= 4 is 29.4 Å². The monoisotopic (exact) mass is 376 g/mol. The van der Waals surface area contributed by atoms with Crippen molar-refractivity contribution in [3.05, 3.63) is 41.3 Å². The van der Waals surface area contributed by atoms with E-state index in [9.17, 15) is 14.0 Å². The summed E-state index contributed by atoms with van der Waals surface area (Å²) in [4.78, 5) is 24.3. The topological polar surface area (TPSA) is 76.0 Å². The molecule has 0 aliphatic carbocycles. The summed E-state index contributed by atoms with van der Waals surface area (Å²) in [6, 6.07) is 5.84. The number of halogens is 1. The molecule has 3 rings (SSSR count). The molecule has 6 nitrogen and oxygen atoms in total. The lowest BCUT2D eigenvalue weighted by molar-refractivity contribution is -0.136. The molecule has 26 heavy (non-hydrogen) atoms. The average Bonchev–Trinajstić information content (AvgIpc) is 3.18. The Labute approximate surface area is 155 Å². The zero-order valence-electron chi connectivity index (χ0n) is 14.7. The van der Waals surface area contributed by atoms with Crippen molar-refractivity contribution in [1.82, 2.24) is 15.1 Å². The quantitative estimate of drug-likeness (QED) is 0.787. The number of fused-ring (bicyclic) bond motifs is 1. The van der Waals surface area contributed by atoms with E-state index in [1.54, 1.807) is 28.6 Å². The predicted octanol–water partition coefficient (Wildman–Crippen LogP) is 2.86. The van der Waals surface area contributed by atoms with E-state index in [2.05, 4.69) is 29.6 Å². The highest BCUT2D eigenvalue weighted by Crippen LogP contribution is 2.36. The molecule has 0 unspecified atom stereocenters. The van der Waals surface area contributed by atoms with Crippen LogP contribution in [0.2, 0.25) is 0 Å². The summed E-state index contributed by atoms with van der Waals surface area (Å²) in [7, 11) is 0. The lowest BCUT2D eigenvalue weighted by Crippen LogP contribution is -2.36. The first-order valence-corrected chi connectivity index (χ1v) is 9.65. The summed E-state index contributed by atoms with van der Waals surface area (Å²) in [5.74, 6) is 0.626. The van der Waals surface area contributed by atoms with E-state index in [4.69, 9.17) is 0 Å². The van der Waals surface area contributed by atoms with E-state index in [0.717, 1.165) is 23.4 Å². The molecule has 1 aliphatic rings. The minimum Gasteiger partial charge on any atom is -0.348 e. The van der Waals surface area contributed by atoms with E-state index in [-0.39, 0.29) is 5.82 Å². The summed E-state index contributed by atoms with van der Waals surface area (Å²) in [5.41, 5.74) is 2.40. The van der Waals surface area contributed by atoms with Gasteiger partial charge in [0.15, 0.2) is 0 Å². The third kappa shape index (κ3) is 4.07. The fourth-order valence-corrected chi connectivity index (χ4v) is 3.66. The molecule has 1 aromatic carbocycles. The summed E-state index contributed by atoms with van der Waals surface area (Å²) >= 11 is 1.69. The van der Waals surface area contributed by atoms with Gasteiger partial charge in [0.05, 0.1) is 11.4 Å². The van der Waals surface area contributed by atoms with Crippen LogP contribution < -0.4 is 10.6 Å². The Hall–Kier alpha value is -2.35. The molecule has 2 heterocycles. The molecule has 0 saturated carbocycles. The minimum atomic E-state index is -0.725. The van der Waals surface area contributed by atoms with Crippen LogP contribution in [-0.2, 0) is 21.1 Å². The SMILES string of the molecule is CC(C)CCNC(=O)C(=O)Nc1c2c(nn1-c1ccc(F)cc1)CSC2. The standard InChI is InChI=1S/C18H21FN4O2S/c1-11(2)7-8-20-17(24)18(25)21-16-14-9-26-10-15(14)22-23(16)13-5-3-12(19)4-6-13/h3-6,11H,7-10H2,1-2H3,(H,20,24)(H,21,25). The number of thioether (sulfide) groups is 1. The number of nitrogens with zero attached hydrogens (tertiary/aromatic N) is 2. The maximum atomic E-state index is 13.2. The maximum absolute atomic E-state index is 13.2. The minimum absolute atomic E-state index is 0.348. The van der Waals surface area contributed by atoms with Crippen molar-refractivity contribution in [3.8, 4) is 5.69 Å². The van der Waals surface area contributed by atoms with Gasteiger partial charge in [0.25, 0.3) is 0 Å². The second-order valence-corrected chi connectivity index (χ2v) is 7.53. The Balaban J connectivity index is 1.79. The number of benzene rings is 1. The molecule has 0 saturated heterocycles. The van der Waals surface area contributed by atoms with E-state index in [1.807, 2.05) is 0 Å². The van der Waals surface area contributed by atoms with Gasteiger partial charge in [0.2, 0.25) is 0 Å². The number of anilines is 1. The van der Waals surface area contributed by atoms with Gasteiger partial charge in [-0.2, -0.15) is 16.9 Å². The predicted molar refractivity (Wildman–Crippen MR) is 99.6 cm³/mol. The van der Waals surface area contributed by atoms with Gasteiger partial charge >= 0.3 is 11.8 Å². The maximum Gasteiger partial charge on any atom is 0.314 e. The number of carbonyl (C=O) groups is 2. The van der Waals surface area contributed by atoms with Gasteiger partial charge in [-0.05, 0) is 36.6 Å². The highest BCUT2D eigenvalue weighted by Gasteiger charge is 2.26. The van der Waals surface area contributed by atoms with Crippen LogP contribution in [0.1, 0.15) is 31.5 Å². The van der Waals surface area contributed by atoms with Crippen molar-refractivity contribution in [2.24, 2.45) is 5.92 Å². The van der Waals surface area contributed by atoms with Crippen molar-refractivity contribution in [3.63, 3.8) is 0 Å². The number of rotatable bonds is 5. The zero-order chi connectivity index (χ0) is 18.7. The molecule has 138 valence electrons. The number of amides is 2. The fraction of sp³-hybridized carbons (Fsp3) is 0.389. The molecular weight excluding hydrogens is 355 g/mol. The summed E-state index contributed by atoms with van der Waals surface area (Å²) < 4.78 is 14.8. The Morgan fingerprint density at radius 1 is 1.23 bits per heavy atom. The van der Waals surface area contributed by atoms with E-state index < -0.39 is 11.8 Å². The number of hydrogen-bond donors (Lipinski definition) is 2. The second-order valence-electron chi connectivity index (χ2n) is 6.55. The van der Waals surface area contributed by atoms with Gasteiger partial charge < -0.3 is 10.6 Å². The lowest BCUT2D eigenvalue weighted by Gasteiger charge is -2.11. The molecule has 0 bridgehead atoms. The molecule has 2 N–H and O–H groups in total. The Kier molecular flexibility index (Phi) is 5.61. The number of nitrogens with one attached hydrogen (secondary N) is 2. The summed E-state index contributed by atoms with van der Waals surface area (Å²) in [6.07, 6.45) is 0.804. The fourth-order valence-electron chi connectivity index (χ4n) is 2.63. The van der Waals surface area contributed by atoms with Crippen LogP contribution in [0.15, 0.2) is 24.3 Å². The zero-order valence-corrected chi connectivity index (χ0v) is 15.5. The normalized spacial score (nSPS) is 12.9. The van der Waals surface area contributed by atoms with Gasteiger partial charge in [-0.3, -0.25) is 9.59 Å². The first kappa shape index (κ1) is 18.4. The molecule has 2 aromatic rings. The number of hydrogen-bond acceptors (Lipinski definition) is 4. The van der Waals surface area contributed by atoms with Gasteiger partial charge in [0, 0.05) is 23.6 Å². The molecule has 0 fully saturated rings. The number of aromatic nitrogens is 2. The van der Waals surface area contributed by atoms with Gasteiger partial charge in [0.1, 0.15) is 11.6 Å². The van der Waals surface area contributed by atoms with Crippen molar-refractivity contribution in [2.45, 2.75) is 31.8 Å². The molecule has 8 heteroatoms. The highest BCUT2D eigenvalue weighted by molar-refractivity contribution is 7.98. The van der Waals surface area contributed by atoms with Crippen LogP contribution in [0, 0.1) is 11.7 Å². The van der Waals surface area contributed by atoms with E-state index >= 15 is 0 Å². The Bertz CT molecular complexity index is 817. The van der Waals surface area contributed by atoms with Gasteiger partial charge in [-0.25, -0.2) is 9.07 Å². The molecule has 0 atom stereocenters. The highest BCUT2D eigenvalue weighted by atomic mass is 32.2. The van der Waals surface area contributed by atoms with Crippen LogP contribution in [0.4, 0.5) is 10.2 Å². The first-order valence-electron chi connectivity index (χ1n) is 8.49. The third-order valence-corrected chi connectivity index (χ3v) is 5.04. The van der Waals surface area contributed by atoms with Crippen LogP contribution in [0.25, 0.3) is 5.69 Å². The smallest absolute Gasteiger partial charge is 0.314 e. The van der Waals surface area contributed by atoms with Gasteiger partial charge in [-0.1, -0.05) is 13.8 Å². The second kappa shape index (κ2) is 7.90. The van der Waals surface area contributed by atoms with E-state index in [1.165, 1.54) is 12.1 Å². The molecule has 1 aromatic heterocycles. The van der Waals surface area contributed by atoms with Crippen LogP contribution in [0.3, 0.4) is 0 Å². The van der Waals surface area contributed by atoms with Crippen LogP contribution >= 0.6 is 11.8 Å². The number of carbonyl (C=O) groups excluding carboxylic acids is 2. The summed E-state index contributed by atoms with van der Waals surface area (Å²) in [5, 5.41) is 9.82. The van der Waals surface area contributed by atoms with Crippen LogP contribution in [-0.4, -0.2) is 28.1 Å². The summed E-state index contributed by atoms with van der Waals surface area (Å²) in [6.45, 7) is 4.55. The van der Waals surface area contributed by atoms with E-state index in [0.29, 0.717) is 29.7 Å². The molecule has 0 radical (unpaired) electrons. The van der Waals surface area contributed by atoms with Gasteiger partial charge in [-0.15, -0.1) is 0 Å². The Morgan fingerprint density at radius 3 is 2.65 bits per heavy atom. The Morgan fingerprint density at radius 2 is 1.96 bits per heavy atom. The molecule has 2 amide bonds. The lowest BCUT2D eigenvalue weighted by atomic mass is 10.1. The van der Waals surface area contributed by atoms with Crippen LogP contribution in [0.5, 0.6) is 0 Å². The molecule has 0 spiro atoms. The van der Waals surface area contributed by atoms with Crippen molar-refractivity contribution in [2.75, 3.05) is 11.9 Å². The van der Waals surface area contributed by atoms with Crippen molar-refractivity contribution in [1.29, 1.82) is 0 Å². The molecular formula is C18H21FN4O2S. The third-order valence-electron chi connectivity index (χ3n) is 4.07.